The molecule has 1 unspecified atom stereocenters. The van der Waals surface area contributed by atoms with Gasteiger partial charge in [0.1, 0.15) is 13.2 Å². The van der Waals surface area contributed by atoms with Gasteiger partial charge >= 0.3 is 0 Å². The molecule has 1 aliphatic rings. The fourth-order valence-corrected chi connectivity index (χ4v) is 5.22. The highest BCUT2D eigenvalue weighted by Crippen LogP contribution is 2.46. The Bertz CT molecular complexity index is 1430. The first kappa shape index (κ1) is 24.9. The summed E-state index contributed by atoms with van der Waals surface area (Å²) < 4.78 is 15.1. The maximum Gasteiger partial charge on any atom is 0.185 e. The molecule has 0 N–H and O–H groups in total. The Morgan fingerprint density at radius 3 is 1.95 bits per heavy atom. The molecule has 0 saturated heterocycles. The van der Waals surface area contributed by atoms with E-state index >= 15 is 0 Å². The molecule has 5 rings (SSSR count). The van der Waals surface area contributed by atoms with E-state index in [9.17, 15) is 4.79 Å². The summed E-state index contributed by atoms with van der Waals surface area (Å²) >= 11 is 0. The van der Waals surface area contributed by atoms with E-state index in [1.807, 2.05) is 42.6 Å². The van der Waals surface area contributed by atoms with Crippen LogP contribution < -0.4 is 14.9 Å². The Morgan fingerprint density at radius 2 is 1.41 bits per heavy atom. The van der Waals surface area contributed by atoms with Crippen LogP contribution in [-0.4, -0.2) is 4.57 Å². The molecule has 0 amide bonds. The van der Waals surface area contributed by atoms with E-state index in [2.05, 4.69) is 68.7 Å². The first-order valence-electron chi connectivity index (χ1n) is 13.1. The van der Waals surface area contributed by atoms with Gasteiger partial charge in [0.15, 0.2) is 16.9 Å². The van der Waals surface area contributed by atoms with E-state index < -0.39 is 0 Å². The van der Waals surface area contributed by atoms with Gasteiger partial charge in [0.05, 0.1) is 5.69 Å². The van der Waals surface area contributed by atoms with Crippen molar-refractivity contribution in [2.24, 2.45) is 5.41 Å². The van der Waals surface area contributed by atoms with Crippen molar-refractivity contribution in [1.82, 2.24) is 4.57 Å². The molecule has 0 saturated carbocycles. The highest BCUT2D eigenvalue weighted by molar-refractivity contribution is 5.73. The maximum absolute atomic E-state index is 12.9. The summed E-state index contributed by atoms with van der Waals surface area (Å²) in [5.41, 5.74) is 6.41. The van der Waals surface area contributed by atoms with Crippen molar-refractivity contribution in [2.45, 2.75) is 59.8 Å². The monoisotopic (exact) mass is 493 g/mol. The summed E-state index contributed by atoms with van der Waals surface area (Å²) in [7, 11) is 0. The molecular formula is C33H35NO3. The second-order valence-electron chi connectivity index (χ2n) is 10.9. The molecule has 1 aliphatic heterocycles. The number of aromatic nitrogens is 1. The second-order valence-corrected chi connectivity index (χ2v) is 10.9. The van der Waals surface area contributed by atoms with E-state index in [0.717, 1.165) is 40.1 Å². The smallest absolute Gasteiger partial charge is 0.185 e. The number of fused-ring (bicyclic) bond motifs is 3. The highest BCUT2D eigenvalue weighted by Gasteiger charge is 2.34. The third kappa shape index (κ3) is 5.20. The first-order valence-corrected chi connectivity index (χ1v) is 13.1. The quantitative estimate of drug-likeness (QED) is 0.270. The molecule has 0 radical (unpaired) electrons. The van der Waals surface area contributed by atoms with Crippen molar-refractivity contribution >= 4 is 0 Å². The van der Waals surface area contributed by atoms with Gasteiger partial charge in [0.25, 0.3) is 0 Å². The van der Waals surface area contributed by atoms with Crippen molar-refractivity contribution < 1.29 is 9.47 Å². The molecule has 0 aliphatic carbocycles. The maximum atomic E-state index is 12.9. The van der Waals surface area contributed by atoms with Crippen LogP contribution in [0.4, 0.5) is 0 Å². The van der Waals surface area contributed by atoms with Crippen LogP contribution in [0.3, 0.4) is 0 Å². The zero-order valence-electron chi connectivity index (χ0n) is 22.2. The van der Waals surface area contributed by atoms with Crippen LogP contribution in [0.1, 0.15) is 56.0 Å². The van der Waals surface area contributed by atoms with Crippen LogP contribution >= 0.6 is 0 Å². The lowest BCUT2D eigenvalue weighted by atomic mass is 9.78. The number of rotatable bonds is 7. The molecule has 2 heterocycles. The fraction of sp³-hybridized carbons (Fsp3) is 0.303. The van der Waals surface area contributed by atoms with Crippen LogP contribution in [0.5, 0.6) is 11.5 Å². The normalized spacial score (nSPS) is 14.5. The van der Waals surface area contributed by atoms with Gasteiger partial charge in [0.2, 0.25) is 0 Å². The minimum absolute atomic E-state index is 0.0139. The van der Waals surface area contributed by atoms with E-state index in [-0.39, 0.29) is 16.9 Å². The summed E-state index contributed by atoms with van der Waals surface area (Å²) in [6, 6.07) is 26.5. The van der Waals surface area contributed by atoms with Crippen LogP contribution in [0.2, 0.25) is 0 Å². The van der Waals surface area contributed by atoms with Gasteiger partial charge < -0.3 is 14.0 Å². The number of hydrogen-bond acceptors (Lipinski definition) is 3. The van der Waals surface area contributed by atoms with Crippen molar-refractivity contribution in [1.29, 1.82) is 0 Å². The highest BCUT2D eigenvalue weighted by atomic mass is 16.5. The molecule has 4 aromatic rings. The molecule has 1 atom stereocenters. The lowest BCUT2D eigenvalue weighted by Crippen LogP contribution is -2.32. The van der Waals surface area contributed by atoms with Gasteiger partial charge in [-0.05, 0) is 47.1 Å². The Kier molecular flexibility index (Phi) is 6.92. The minimum Gasteiger partial charge on any atom is -0.485 e. The van der Waals surface area contributed by atoms with Crippen molar-refractivity contribution in [2.75, 3.05) is 0 Å². The molecule has 3 aromatic carbocycles. The summed E-state index contributed by atoms with van der Waals surface area (Å²) in [4.78, 5) is 12.9. The Hall–Kier alpha value is -3.79. The van der Waals surface area contributed by atoms with E-state index in [1.165, 1.54) is 5.56 Å². The summed E-state index contributed by atoms with van der Waals surface area (Å²) in [6.07, 6.45) is 3.51. The average molecular weight is 494 g/mol. The van der Waals surface area contributed by atoms with Gasteiger partial charge in [-0.1, -0.05) is 88.4 Å². The van der Waals surface area contributed by atoms with Gasteiger partial charge in [-0.15, -0.1) is 0 Å². The van der Waals surface area contributed by atoms with Gasteiger partial charge in [0, 0.05) is 29.4 Å². The molecule has 1 aromatic heterocycles. The SMILES string of the molecule is CCc1c2n(ccc1=O)C(C(C)(C)C)Cc1cc(OCc3ccccc3)c(OCc3ccccc3)cc1-2. The second kappa shape index (κ2) is 10.3. The Morgan fingerprint density at radius 1 is 0.838 bits per heavy atom. The molecule has 0 spiro atoms. The Labute approximate surface area is 219 Å². The number of hydrogen-bond donors (Lipinski definition) is 0. The summed E-state index contributed by atoms with van der Waals surface area (Å²) in [5, 5.41) is 0. The summed E-state index contributed by atoms with van der Waals surface area (Å²) in [5.74, 6) is 1.42. The van der Waals surface area contributed by atoms with Crippen LogP contribution in [0.15, 0.2) is 89.9 Å². The zero-order valence-corrected chi connectivity index (χ0v) is 22.2. The molecule has 37 heavy (non-hydrogen) atoms. The van der Waals surface area contributed by atoms with Gasteiger partial charge in [-0.2, -0.15) is 0 Å². The molecule has 190 valence electrons. The number of ether oxygens (including phenoxy) is 2. The van der Waals surface area contributed by atoms with Gasteiger partial charge in [-0.25, -0.2) is 0 Å². The predicted octanol–water partition coefficient (Wildman–Crippen LogP) is 7.38. The molecule has 4 nitrogen and oxygen atoms in total. The molecule has 0 fully saturated rings. The molecule has 0 bridgehead atoms. The van der Waals surface area contributed by atoms with E-state index in [0.29, 0.717) is 25.4 Å². The predicted molar refractivity (Wildman–Crippen MR) is 149 cm³/mol. The summed E-state index contributed by atoms with van der Waals surface area (Å²) in [6.45, 7) is 9.75. The van der Waals surface area contributed by atoms with Crippen LogP contribution in [-0.2, 0) is 26.1 Å². The lowest BCUT2D eigenvalue weighted by molar-refractivity contribution is 0.235. The third-order valence-corrected chi connectivity index (χ3v) is 7.23. The van der Waals surface area contributed by atoms with E-state index in [4.69, 9.17) is 9.47 Å². The largest absolute Gasteiger partial charge is 0.485 e. The standard InChI is InChI=1S/C33H35NO3/c1-5-26-28(35)16-17-34-31(33(2,3)4)19-25-18-29(36-21-23-12-8-6-9-13-23)30(20-27(25)32(26)34)37-22-24-14-10-7-11-15-24/h6-18,20,31H,5,19,21-22H2,1-4H3. The fourth-order valence-electron chi connectivity index (χ4n) is 5.22. The molecular weight excluding hydrogens is 458 g/mol. The van der Waals surface area contributed by atoms with Crippen LogP contribution in [0, 0.1) is 5.41 Å². The number of pyridine rings is 1. The van der Waals surface area contributed by atoms with Gasteiger partial charge in [-0.3, -0.25) is 4.79 Å². The van der Waals surface area contributed by atoms with Crippen LogP contribution in [0.25, 0.3) is 11.3 Å². The van der Waals surface area contributed by atoms with Crippen molar-refractivity contribution in [3.8, 4) is 22.8 Å². The number of benzene rings is 3. The Balaban J connectivity index is 1.62. The van der Waals surface area contributed by atoms with Crippen molar-refractivity contribution in [3.05, 3.63) is 118 Å². The van der Waals surface area contributed by atoms with Crippen molar-refractivity contribution in [3.63, 3.8) is 0 Å². The third-order valence-electron chi connectivity index (χ3n) is 7.23. The zero-order chi connectivity index (χ0) is 26.0. The number of nitrogens with zero attached hydrogens (tertiary/aromatic N) is 1. The lowest BCUT2D eigenvalue weighted by Gasteiger charge is -2.39. The minimum atomic E-state index is 0.0139. The topological polar surface area (TPSA) is 40.5 Å². The average Bonchev–Trinajstić information content (AvgIpc) is 2.90. The first-order chi connectivity index (χ1) is 17.8. The molecule has 4 heteroatoms. The van der Waals surface area contributed by atoms with E-state index in [1.54, 1.807) is 6.07 Å².